The fourth-order valence-corrected chi connectivity index (χ4v) is 4.85. The van der Waals surface area contributed by atoms with Crippen LogP contribution < -0.4 is 10.7 Å². The molecule has 2 N–H and O–H groups in total. The number of carbonyl (C=O) groups excluding carboxylic acids is 2. The first-order chi connectivity index (χ1) is 14.3. The number of benzene rings is 1. The number of pyridine rings is 1. The minimum Gasteiger partial charge on any atom is -0.503 e. The van der Waals surface area contributed by atoms with Crippen LogP contribution in [0.25, 0.3) is 0 Å². The lowest BCUT2D eigenvalue weighted by Crippen LogP contribution is -2.62. The summed E-state index contributed by atoms with van der Waals surface area (Å²) in [6.07, 6.45) is 3.41. The molecular formula is C21H19F2N3O4. The van der Waals surface area contributed by atoms with Crippen LogP contribution in [0.2, 0.25) is 0 Å². The highest BCUT2D eigenvalue weighted by molar-refractivity contribution is 5.99. The fourth-order valence-electron chi connectivity index (χ4n) is 4.85. The number of piperidine rings is 2. The van der Waals surface area contributed by atoms with Crippen LogP contribution in [0.15, 0.2) is 29.2 Å². The Hall–Kier alpha value is -3.23. The number of nitrogens with one attached hydrogen (secondary N) is 1. The SMILES string of the molecule is O=C(NCc1ccc(F)cc1F)c1cn2c(c(O)c1=O)C(=O)N1CC3CC(C3)C1C2. The van der Waals surface area contributed by atoms with Crippen molar-refractivity contribution in [2.24, 2.45) is 11.8 Å². The fraction of sp³-hybridized carbons (Fsp3) is 0.381. The van der Waals surface area contributed by atoms with Crippen molar-refractivity contribution >= 4 is 11.8 Å². The number of aromatic hydroxyl groups is 1. The molecule has 9 heteroatoms. The van der Waals surface area contributed by atoms with E-state index in [4.69, 9.17) is 0 Å². The van der Waals surface area contributed by atoms with Gasteiger partial charge < -0.3 is 19.9 Å². The highest BCUT2D eigenvalue weighted by atomic mass is 19.1. The van der Waals surface area contributed by atoms with Gasteiger partial charge in [0.15, 0.2) is 11.4 Å². The highest BCUT2D eigenvalue weighted by Crippen LogP contribution is 2.46. The molecular weight excluding hydrogens is 396 g/mol. The number of aromatic nitrogens is 1. The zero-order chi connectivity index (χ0) is 21.2. The number of nitrogens with zero attached hydrogens (tertiary/aromatic N) is 2. The maximum atomic E-state index is 13.8. The lowest BCUT2D eigenvalue weighted by molar-refractivity contribution is -0.0328. The summed E-state index contributed by atoms with van der Waals surface area (Å²) in [4.78, 5) is 39.7. The predicted octanol–water partition coefficient (Wildman–Crippen LogP) is 1.63. The van der Waals surface area contributed by atoms with E-state index in [-0.39, 0.29) is 29.4 Å². The molecule has 4 heterocycles. The third-order valence-electron chi connectivity index (χ3n) is 6.47. The Morgan fingerprint density at radius 3 is 2.70 bits per heavy atom. The second-order valence-corrected chi connectivity index (χ2v) is 8.26. The molecule has 0 spiro atoms. The van der Waals surface area contributed by atoms with Crippen molar-refractivity contribution in [3.05, 3.63) is 63.1 Å². The average Bonchev–Trinajstić information content (AvgIpc) is 2.68. The van der Waals surface area contributed by atoms with Crippen LogP contribution in [-0.2, 0) is 13.1 Å². The summed E-state index contributed by atoms with van der Waals surface area (Å²) in [6, 6.07) is 2.95. The molecule has 30 heavy (non-hydrogen) atoms. The van der Waals surface area contributed by atoms with Crippen molar-refractivity contribution in [3.8, 4) is 5.75 Å². The molecule has 1 atom stereocenters. The van der Waals surface area contributed by atoms with Crippen LogP contribution in [0.4, 0.5) is 8.78 Å². The van der Waals surface area contributed by atoms with Gasteiger partial charge in [0.1, 0.15) is 17.2 Å². The predicted molar refractivity (Wildman–Crippen MR) is 101 cm³/mol. The van der Waals surface area contributed by atoms with E-state index in [1.54, 1.807) is 4.90 Å². The molecule has 1 unspecified atom stereocenters. The Bertz CT molecular complexity index is 1140. The van der Waals surface area contributed by atoms with Crippen LogP contribution in [0.5, 0.6) is 5.75 Å². The van der Waals surface area contributed by atoms with Gasteiger partial charge in [-0.1, -0.05) is 6.07 Å². The van der Waals surface area contributed by atoms with Gasteiger partial charge in [-0.15, -0.1) is 0 Å². The molecule has 1 aromatic heterocycles. The van der Waals surface area contributed by atoms with E-state index >= 15 is 0 Å². The molecule has 2 aromatic rings. The Kier molecular flexibility index (Phi) is 4.16. The lowest BCUT2D eigenvalue weighted by Gasteiger charge is -2.55. The third-order valence-corrected chi connectivity index (χ3v) is 6.47. The van der Waals surface area contributed by atoms with E-state index in [1.165, 1.54) is 16.8 Å². The van der Waals surface area contributed by atoms with E-state index in [1.807, 2.05) is 0 Å². The minimum atomic E-state index is -0.952. The van der Waals surface area contributed by atoms with Crippen molar-refractivity contribution in [2.45, 2.75) is 32.0 Å². The van der Waals surface area contributed by atoms with E-state index in [2.05, 4.69) is 5.32 Å². The molecule has 156 valence electrons. The molecule has 7 nitrogen and oxygen atoms in total. The van der Waals surface area contributed by atoms with Crippen LogP contribution in [0.3, 0.4) is 0 Å². The number of fused-ring (bicyclic) bond motifs is 1. The topological polar surface area (TPSA) is 91.6 Å². The summed E-state index contributed by atoms with van der Waals surface area (Å²) >= 11 is 0. The monoisotopic (exact) mass is 415 g/mol. The lowest BCUT2D eigenvalue weighted by atomic mass is 9.66. The summed E-state index contributed by atoms with van der Waals surface area (Å²) in [7, 11) is 0. The van der Waals surface area contributed by atoms with Gasteiger partial charge in [0, 0.05) is 37.5 Å². The van der Waals surface area contributed by atoms with Crippen LogP contribution in [-0.4, -0.2) is 39.0 Å². The molecule has 6 rings (SSSR count). The first kappa shape index (κ1) is 18.8. The van der Waals surface area contributed by atoms with Gasteiger partial charge in [-0.3, -0.25) is 14.4 Å². The van der Waals surface area contributed by atoms with E-state index in [9.17, 15) is 28.3 Å². The molecule has 2 saturated heterocycles. The van der Waals surface area contributed by atoms with Gasteiger partial charge in [0.2, 0.25) is 5.43 Å². The van der Waals surface area contributed by atoms with Gasteiger partial charge >= 0.3 is 0 Å². The summed E-state index contributed by atoms with van der Waals surface area (Å²) in [6.45, 7) is 0.768. The number of hydrogen-bond acceptors (Lipinski definition) is 4. The molecule has 0 radical (unpaired) electrons. The Balaban J connectivity index is 1.43. The summed E-state index contributed by atoms with van der Waals surface area (Å²) in [5.74, 6) is -2.64. The molecule has 2 amide bonds. The normalized spacial score (nSPS) is 24.0. The number of halogens is 2. The van der Waals surface area contributed by atoms with Crippen molar-refractivity contribution in [3.63, 3.8) is 0 Å². The van der Waals surface area contributed by atoms with E-state index in [0.29, 0.717) is 31.0 Å². The quantitative estimate of drug-likeness (QED) is 0.797. The molecule has 3 fully saturated rings. The Labute approximate surface area is 169 Å². The van der Waals surface area contributed by atoms with Crippen molar-refractivity contribution in [1.29, 1.82) is 0 Å². The standard InChI is InChI=1S/C21H19F2N3O4/c22-13-2-1-11(15(23)5-13)6-24-20(29)14-8-25-9-16-12-3-10(4-12)7-26(16)21(30)17(25)19(28)18(14)27/h1-2,5,8,10,12,16,28H,3-4,6-7,9H2,(H,24,29). The van der Waals surface area contributed by atoms with Gasteiger partial charge in [0.25, 0.3) is 11.8 Å². The molecule has 1 saturated carbocycles. The van der Waals surface area contributed by atoms with Crippen LogP contribution in [0, 0.1) is 23.5 Å². The number of rotatable bonds is 3. The molecule has 1 aromatic carbocycles. The van der Waals surface area contributed by atoms with Crippen molar-refractivity contribution < 1.29 is 23.5 Å². The zero-order valence-corrected chi connectivity index (χ0v) is 15.9. The first-order valence-corrected chi connectivity index (χ1v) is 9.83. The molecule has 4 aliphatic rings. The zero-order valence-electron chi connectivity index (χ0n) is 15.9. The van der Waals surface area contributed by atoms with Crippen molar-refractivity contribution in [2.75, 3.05) is 6.54 Å². The molecule has 1 aliphatic carbocycles. The average molecular weight is 415 g/mol. The largest absolute Gasteiger partial charge is 0.503 e. The Morgan fingerprint density at radius 1 is 1.20 bits per heavy atom. The summed E-state index contributed by atoms with van der Waals surface area (Å²) in [5, 5.41) is 12.8. The second kappa shape index (κ2) is 6.65. The van der Waals surface area contributed by atoms with Crippen molar-refractivity contribution in [1.82, 2.24) is 14.8 Å². The number of carbonyl (C=O) groups is 2. The third kappa shape index (κ3) is 2.79. The second-order valence-electron chi connectivity index (χ2n) is 8.26. The number of hydrogen-bond donors (Lipinski definition) is 2. The first-order valence-electron chi connectivity index (χ1n) is 9.83. The van der Waals surface area contributed by atoms with Crippen LogP contribution in [0.1, 0.15) is 39.3 Å². The van der Waals surface area contributed by atoms with Gasteiger partial charge in [-0.25, -0.2) is 8.78 Å². The maximum absolute atomic E-state index is 13.8. The van der Waals surface area contributed by atoms with E-state index < -0.39 is 34.6 Å². The summed E-state index contributed by atoms with van der Waals surface area (Å²) < 4.78 is 28.3. The van der Waals surface area contributed by atoms with Gasteiger partial charge in [-0.2, -0.15) is 0 Å². The highest BCUT2D eigenvalue weighted by Gasteiger charge is 2.49. The van der Waals surface area contributed by atoms with Gasteiger partial charge in [0.05, 0.1) is 6.04 Å². The smallest absolute Gasteiger partial charge is 0.274 e. The Morgan fingerprint density at radius 2 is 1.97 bits per heavy atom. The van der Waals surface area contributed by atoms with Gasteiger partial charge in [-0.05, 0) is 30.7 Å². The summed E-state index contributed by atoms with van der Waals surface area (Å²) in [5.41, 5.74) is -1.33. The molecule has 2 bridgehead atoms. The number of amides is 2. The molecule has 3 aliphatic heterocycles. The van der Waals surface area contributed by atoms with E-state index in [0.717, 1.165) is 18.9 Å². The maximum Gasteiger partial charge on any atom is 0.274 e. The van der Waals surface area contributed by atoms with Crippen LogP contribution >= 0.6 is 0 Å². The minimum absolute atomic E-state index is 0.0128.